The van der Waals surface area contributed by atoms with Crippen LogP contribution < -0.4 is 5.32 Å². The molecular weight excluding hydrogens is 350 g/mol. The number of halogens is 2. The lowest BCUT2D eigenvalue weighted by molar-refractivity contribution is 0.0485. The van der Waals surface area contributed by atoms with Gasteiger partial charge < -0.3 is 15.3 Å². The van der Waals surface area contributed by atoms with Crippen LogP contribution in [-0.4, -0.2) is 29.1 Å². The maximum absolute atomic E-state index is 14.2. The summed E-state index contributed by atoms with van der Waals surface area (Å²) < 4.78 is 27.7. The highest BCUT2D eigenvalue weighted by molar-refractivity contribution is 5.76. The van der Waals surface area contributed by atoms with Crippen LogP contribution in [0.1, 0.15) is 36.0 Å². The lowest BCUT2D eigenvalue weighted by Gasteiger charge is -2.27. The normalized spacial score (nSPS) is 23.3. The van der Waals surface area contributed by atoms with Gasteiger partial charge in [0, 0.05) is 12.1 Å². The zero-order valence-corrected chi connectivity index (χ0v) is 15.1. The van der Waals surface area contributed by atoms with Crippen LogP contribution in [0.25, 0.3) is 0 Å². The fourth-order valence-corrected chi connectivity index (χ4v) is 4.02. The third-order valence-electron chi connectivity index (χ3n) is 5.72. The number of hydrogen-bond donors (Lipinski definition) is 2. The van der Waals surface area contributed by atoms with Crippen molar-refractivity contribution in [1.82, 2.24) is 10.2 Å². The lowest BCUT2D eigenvalue weighted by Crippen LogP contribution is -2.45. The van der Waals surface area contributed by atoms with Gasteiger partial charge in [-0.25, -0.2) is 13.6 Å². The van der Waals surface area contributed by atoms with Crippen molar-refractivity contribution in [2.24, 2.45) is 0 Å². The third kappa shape index (κ3) is 3.18. The molecule has 4 rings (SSSR count). The van der Waals surface area contributed by atoms with Crippen molar-refractivity contribution in [1.29, 1.82) is 0 Å². The van der Waals surface area contributed by atoms with Gasteiger partial charge in [-0.2, -0.15) is 0 Å². The molecule has 1 aliphatic heterocycles. The van der Waals surface area contributed by atoms with Gasteiger partial charge in [0.2, 0.25) is 0 Å². The van der Waals surface area contributed by atoms with Crippen molar-refractivity contribution in [2.45, 2.75) is 37.3 Å². The molecule has 0 bridgehead atoms. The van der Waals surface area contributed by atoms with E-state index in [1.807, 2.05) is 31.2 Å². The van der Waals surface area contributed by atoms with E-state index in [9.17, 15) is 18.7 Å². The van der Waals surface area contributed by atoms with Crippen molar-refractivity contribution in [3.8, 4) is 0 Å². The Balaban J connectivity index is 1.50. The first-order valence-corrected chi connectivity index (χ1v) is 9.14. The van der Waals surface area contributed by atoms with Crippen LogP contribution in [0.4, 0.5) is 13.6 Å². The number of aliphatic hydroxyl groups is 1. The summed E-state index contributed by atoms with van der Waals surface area (Å²) in [5.41, 5.74) is 0.0282. The average molecular weight is 372 g/mol. The fourth-order valence-electron chi connectivity index (χ4n) is 4.02. The Hall–Kier alpha value is -2.47. The highest BCUT2D eigenvalue weighted by Gasteiger charge is 2.49. The zero-order chi connectivity index (χ0) is 19.2. The number of amides is 2. The summed E-state index contributed by atoms with van der Waals surface area (Å²) in [5, 5.41) is 13.9. The number of carbonyl (C=O) groups is 1. The van der Waals surface area contributed by atoms with Gasteiger partial charge in [0.15, 0.2) is 0 Å². The number of β-amino-alcohol motifs (C(OH)–C–C–N with tert-alkyl or cyclic N) is 1. The minimum atomic E-state index is -1.09. The Labute approximate surface area is 156 Å². The number of hydrogen-bond acceptors (Lipinski definition) is 2. The Morgan fingerprint density at radius 1 is 1.11 bits per heavy atom. The van der Waals surface area contributed by atoms with Gasteiger partial charge in [0.05, 0.1) is 12.1 Å². The summed E-state index contributed by atoms with van der Waals surface area (Å²) in [4.78, 5) is 14.3. The van der Waals surface area contributed by atoms with Gasteiger partial charge in [-0.1, -0.05) is 24.3 Å². The maximum Gasteiger partial charge on any atom is 0.318 e. The molecule has 142 valence electrons. The molecule has 1 saturated carbocycles. The van der Waals surface area contributed by atoms with Gasteiger partial charge in [-0.3, -0.25) is 0 Å². The second-order valence-electron chi connectivity index (χ2n) is 7.65. The first-order valence-electron chi connectivity index (χ1n) is 9.14. The average Bonchev–Trinajstić information content (AvgIpc) is 3.30. The molecule has 2 amide bonds. The largest absolute Gasteiger partial charge is 0.383 e. The molecule has 1 aliphatic carbocycles. The number of rotatable bonds is 3. The van der Waals surface area contributed by atoms with Crippen LogP contribution in [0.5, 0.6) is 0 Å². The van der Waals surface area contributed by atoms with E-state index >= 15 is 0 Å². The molecule has 1 saturated heterocycles. The number of aryl methyl sites for hydroxylation is 1. The van der Waals surface area contributed by atoms with E-state index in [4.69, 9.17) is 0 Å². The quantitative estimate of drug-likeness (QED) is 0.866. The summed E-state index contributed by atoms with van der Waals surface area (Å²) >= 11 is 0. The minimum Gasteiger partial charge on any atom is -0.383 e. The van der Waals surface area contributed by atoms with Crippen LogP contribution in [0.2, 0.25) is 0 Å². The minimum absolute atomic E-state index is 0.172. The van der Waals surface area contributed by atoms with Gasteiger partial charge in [0.1, 0.15) is 17.2 Å². The molecule has 1 heterocycles. The monoisotopic (exact) mass is 372 g/mol. The van der Waals surface area contributed by atoms with Crippen LogP contribution >= 0.6 is 0 Å². The van der Waals surface area contributed by atoms with Crippen molar-refractivity contribution in [3.05, 3.63) is 70.8 Å². The van der Waals surface area contributed by atoms with Crippen LogP contribution in [0, 0.1) is 18.6 Å². The number of carbonyl (C=O) groups excluding carboxylic acids is 1. The number of urea groups is 1. The van der Waals surface area contributed by atoms with Gasteiger partial charge in [-0.15, -0.1) is 0 Å². The summed E-state index contributed by atoms with van der Waals surface area (Å²) in [6.07, 6.45) is 1.57. The van der Waals surface area contributed by atoms with E-state index < -0.39 is 22.8 Å². The van der Waals surface area contributed by atoms with E-state index in [2.05, 4.69) is 5.32 Å². The molecule has 2 N–H and O–H groups in total. The maximum atomic E-state index is 14.2. The van der Waals surface area contributed by atoms with E-state index in [0.717, 1.165) is 29.3 Å². The molecule has 0 aromatic heterocycles. The second kappa shape index (κ2) is 6.30. The first-order chi connectivity index (χ1) is 12.8. The zero-order valence-electron chi connectivity index (χ0n) is 15.1. The van der Waals surface area contributed by atoms with Gasteiger partial charge >= 0.3 is 6.03 Å². The molecule has 2 aromatic carbocycles. The Morgan fingerprint density at radius 3 is 2.56 bits per heavy atom. The Kier molecular flexibility index (Phi) is 4.18. The Morgan fingerprint density at radius 2 is 1.85 bits per heavy atom. The molecule has 1 unspecified atom stereocenters. The number of nitrogens with zero attached hydrogens (tertiary/aromatic N) is 1. The van der Waals surface area contributed by atoms with E-state index in [0.29, 0.717) is 25.8 Å². The van der Waals surface area contributed by atoms with Gasteiger partial charge in [0.25, 0.3) is 0 Å². The van der Waals surface area contributed by atoms with Crippen molar-refractivity contribution in [2.75, 3.05) is 13.1 Å². The number of benzene rings is 2. The van der Waals surface area contributed by atoms with Crippen LogP contribution in [0.3, 0.4) is 0 Å². The van der Waals surface area contributed by atoms with Crippen LogP contribution in [-0.2, 0) is 11.1 Å². The van der Waals surface area contributed by atoms with E-state index in [-0.39, 0.29) is 18.1 Å². The predicted molar refractivity (Wildman–Crippen MR) is 97.1 cm³/mol. The molecular formula is C21H22F2N2O2. The molecule has 6 heteroatoms. The van der Waals surface area contributed by atoms with Crippen molar-refractivity contribution < 1.29 is 18.7 Å². The van der Waals surface area contributed by atoms with Crippen molar-refractivity contribution >= 4 is 6.03 Å². The summed E-state index contributed by atoms with van der Waals surface area (Å²) in [6.45, 7) is 2.51. The standard InChI is InChI=1S/C21H22F2N2O2/c1-14-4-2-3-5-16(14)21(27)10-11-25(13-21)19(26)24-20(8-9-20)17-12-15(22)6-7-18(17)23/h2-7,12,27H,8-11,13H2,1H3,(H,24,26). The number of likely N-dealkylation sites (tertiary alicyclic amines) is 1. The predicted octanol–water partition coefficient (Wildman–Crippen LogP) is 3.57. The Bertz CT molecular complexity index is 898. The first kappa shape index (κ1) is 17.9. The molecule has 2 fully saturated rings. The molecule has 1 atom stereocenters. The summed E-state index contributed by atoms with van der Waals surface area (Å²) in [7, 11) is 0. The van der Waals surface area contributed by atoms with Crippen molar-refractivity contribution in [3.63, 3.8) is 0 Å². The molecule has 2 aromatic rings. The molecule has 0 radical (unpaired) electrons. The van der Waals surface area contributed by atoms with Gasteiger partial charge in [-0.05, 0) is 55.5 Å². The lowest BCUT2D eigenvalue weighted by atomic mass is 9.89. The fraction of sp³-hybridized carbons (Fsp3) is 0.381. The topological polar surface area (TPSA) is 52.6 Å². The second-order valence-corrected chi connectivity index (χ2v) is 7.65. The molecule has 4 nitrogen and oxygen atoms in total. The van der Waals surface area contributed by atoms with Crippen LogP contribution in [0.15, 0.2) is 42.5 Å². The smallest absolute Gasteiger partial charge is 0.318 e. The highest BCUT2D eigenvalue weighted by atomic mass is 19.1. The summed E-state index contributed by atoms with van der Waals surface area (Å²) in [6, 6.07) is 10.5. The molecule has 0 spiro atoms. The molecule has 2 aliphatic rings. The molecule has 27 heavy (non-hydrogen) atoms. The van der Waals surface area contributed by atoms with E-state index in [1.54, 1.807) is 4.90 Å². The highest BCUT2D eigenvalue weighted by Crippen LogP contribution is 2.47. The summed E-state index contributed by atoms with van der Waals surface area (Å²) in [5.74, 6) is -1.05. The SMILES string of the molecule is Cc1ccccc1C1(O)CCN(C(=O)NC2(c3cc(F)ccc3F)CC2)C1. The third-order valence-corrected chi connectivity index (χ3v) is 5.72. The van der Waals surface area contributed by atoms with E-state index in [1.165, 1.54) is 0 Å². The number of nitrogens with one attached hydrogen (secondary N) is 1.